The van der Waals surface area contributed by atoms with Crippen molar-refractivity contribution >= 4 is 0 Å². The van der Waals surface area contributed by atoms with Crippen molar-refractivity contribution in [2.75, 3.05) is 0 Å². The first-order valence-electron chi connectivity index (χ1n) is 4.19. The van der Waals surface area contributed by atoms with E-state index in [1.54, 1.807) is 0 Å². The van der Waals surface area contributed by atoms with Crippen LogP contribution in [0.25, 0.3) is 0 Å². The molecule has 0 aromatic carbocycles. The topological polar surface area (TPSA) is 0 Å². The second-order valence-electron chi connectivity index (χ2n) is 2.96. The van der Waals surface area contributed by atoms with Gasteiger partial charge in [-0.2, -0.15) is 0 Å². The van der Waals surface area contributed by atoms with Gasteiger partial charge >= 0.3 is 0 Å². The van der Waals surface area contributed by atoms with Gasteiger partial charge in [-0.15, -0.1) is 0 Å². The van der Waals surface area contributed by atoms with Crippen LogP contribution in [-0.2, 0) is 0 Å². The Bertz CT molecular complexity index is 262. The highest BCUT2D eigenvalue weighted by Gasteiger charge is 2.05. The maximum absolute atomic E-state index is 2.33. The standard InChI is InChI=1S/C11H12/c1-2-4-7-11-9-5-8-10(11)6-3-1/h1,3,5-7,9H,2,4,8H2/b3-1-,10-6-,11-7-. The smallest absolute Gasteiger partial charge is 0.00883 e. The fraction of sp³-hybridized carbons (Fsp3) is 0.273. The molecular weight excluding hydrogens is 132 g/mol. The molecule has 0 unspecified atom stereocenters. The summed E-state index contributed by atoms with van der Waals surface area (Å²) in [6.07, 6.45) is 16.9. The summed E-state index contributed by atoms with van der Waals surface area (Å²) in [6, 6.07) is 0. The van der Waals surface area contributed by atoms with Crippen LogP contribution in [0.1, 0.15) is 19.3 Å². The molecule has 56 valence electrons. The summed E-state index contributed by atoms with van der Waals surface area (Å²) in [5.74, 6) is 0. The predicted molar refractivity (Wildman–Crippen MR) is 48.3 cm³/mol. The van der Waals surface area contributed by atoms with Crippen LogP contribution in [0, 0.1) is 0 Å². The van der Waals surface area contributed by atoms with Crippen molar-refractivity contribution in [1.29, 1.82) is 0 Å². The fourth-order valence-electron chi connectivity index (χ4n) is 1.52. The van der Waals surface area contributed by atoms with Gasteiger partial charge < -0.3 is 0 Å². The predicted octanol–water partition coefficient (Wildman–Crippen LogP) is 3.15. The zero-order valence-corrected chi connectivity index (χ0v) is 6.59. The highest BCUT2D eigenvalue weighted by molar-refractivity contribution is 5.48. The Morgan fingerprint density at radius 3 is 3.09 bits per heavy atom. The molecule has 11 heavy (non-hydrogen) atoms. The summed E-state index contributed by atoms with van der Waals surface area (Å²) >= 11 is 0. The van der Waals surface area contributed by atoms with Crippen molar-refractivity contribution in [2.45, 2.75) is 19.3 Å². The molecule has 0 heteroatoms. The van der Waals surface area contributed by atoms with E-state index in [2.05, 4.69) is 36.5 Å². The summed E-state index contributed by atoms with van der Waals surface area (Å²) in [6.45, 7) is 0. The van der Waals surface area contributed by atoms with Crippen molar-refractivity contribution in [2.24, 2.45) is 0 Å². The van der Waals surface area contributed by atoms with Crippen molar-refractivity contribution in [1.82, 2.24) is 0 Å². The molecule has 0 amide bonds. The molecule has 0 radical (unpaired) electrons. The van der Waals surface area contributed by atoms with Gasteiger partial charge in [-0.3, -0.25) is 0 Å². The Morgan fingerprint density at radius 1 is 1.09 bits per heavy atom. The lowest BCUT2D eigenvalue weighted by Gasteiger charge is -2.01. The van der Waals surface area contributed by atoms with Crippen LogP contribution in [0.15, 0.2) is 47.6 Å². The molecule has 0 saturated carbocycles. The minimum atomic E-state index is 1.12. The van der Waals surface area contributed by atoms with Gasteiger partial charge in [0.25, 0.3) is 0 Å². The van der Waals surface area contributed by atoms with Crippen LogP contribution < -0.4 is 0 Å². The normalized spacial score (nSPS) is 34.2. The van der Waals surface area contributed by atoms with E-state index in [-0.39, 0.29) is 0 Å². The van der Waals surface area contributed by atoms with Gasteiger partial charge in [0, 0.05) is 0 Å². The monoisotopic (exact) mass is 144 g/mol. The second-order valence-corrected chi connectivity index (χ2v) is 2.96. The van der Waals surface area contributed by atoms with Crippen molar-refractivity contribution in [3.63, 3.8) is 0 Å². The number of allylic oxidation sites excluding steroid dienone is 8. The SMILES string of the molecule is C1=CC2=C/CC\C=C/C=C\2C1. The first-order chi connectivity index (χ1) is 5.47. The van der Waals surface area contributed by atoms with Gasteiger partial charge in [-0.25, -0.2) is 0 Å². The number of fused-ring (bicyclic) bond motifs is 1. The summed E-state index contributed by atoms with van der Waals surface area (Å²) in [5, 5.41) is 0. The Kier molecular flexibility index (Phi) is 1.76. The molecule has 0 aromatic heterocycles. The summed E-state index contributed by atoms with van der Waals surface area (Å²) in [4.78, 5) is 0. The number of rotatable bonds is 0. The molecule has 2 aliphatic rings. The van der Waals surface area contributed by atoms with E-state index in [4.69, 9.17) is 0 Å². The van der Waals surface area contributed by atoms with E-state index >= 15 is 0 Å². The molecule has 0 fully saturated rings. The maximum atomic E-state index is 2.33. The van der Waals surface area contributed by atoms with E-state index in [1.807, 2.05) is 0 Å². The van der Waals surface area contributed by atoms with Gasteiger partial charge in [0.2, 0.25) is 0 Å². The number of hydrogen-bond acceptors (Lipinski definition) is 0. The minimum absolute atomic E-state index is 1.12. The van der Waals surface area contributed by atoms with E-state index in [1.165, 1.54) is 24.0 Å². The lowest BCUT2D eigenvalue weighted by atomic mass is 10.0. The zero-order chi connectivity index (χ0) is 7.52. The lowest BCUT2D eigenvalue weighted by molar-refractivity contribution is 1.04. The molecule has 0 saturated heterocycles. The van der Waals surface area contributed by atoms with Crippen molar-refractivity contribution < 1.29 is 0 Å². The molecule has 0 spiro atoms. The molecule has 0 aromatic rings. The summed E-state index contributed by atoms with van der Waals surface area (Å²) < 4.78 is 0. The molecule has 0 aliphatic heterocycles. The summed E-state index contributed by atoms with van der Waals surface area (Å²) in [5.41, 5.74) is 2.91. The van der Waals surface area contributed by atoms with Crippen molar-refractivity contribution in [3.8, 4) is 0 Å². The second kappa shape index (κ2) is 2.91. The quantitative estimate of drug-likeness (QED) is 0.490. The number of hydrogen-bond donors (Lipinski definition) is 0. The van der Waals surface area contributed by atoms with E-state index < -0.39 is 0 Å². The Balaban J connectivity index is 2.33. The van der Waals surface area contributed by atoms with E-state index in [9.17, 15) is 0 Å². The highest BCUT2D eigenvalue weighted by atomic mass is 14.1. The van der Waals surface area contributed by atoms with Gasteiger partial charge in [-0.05, 0) is 30.4 Å². The molecule has 0 atom stereocenters. The third-order valence-electron chi connectivity index (χ3n) is 2.14. The molecule has 0 bridgehead atoms. The average Bonchev–Trinajstić information content (AvgIpc) is 2.35. The Morgan fingerprint density at radius 2 is 2.09 bits per heavy atom. The van der Waals surface area contributed by atoms with Crippen LogP contribution in [0.4, 0.5) is 0 Å². The highest BCUT2D eigenvalue weighted by Crippen LogP contribution is 2.25. The minimum Gasteiger partial charge on any atom is -0.0842 e. The van der Waals surface area contributed by atoms with Crippen LogP contribution >= 0.6 is 0 Å². The molecule has 0 N–H and O–H groups in total. The first kappa shape index (κ1) is 6.66. The lowest BCUT2D eigenvalue weighted by Crippen LogP contribution is -1.81. The maximum Gasteiger partial charge on any atom is -0.00883 e. The first-order valence-corrected chi connectivity index (χ1v) is 4.19. The zero-order valence-electron chi connectivity index (χ0n) is 6.59. The van der Waals surface area contributed by atoms with Crippen LogP contribution in [0.5, 0.6) is 0 Å². The molecule has 0 heterocycles. The van der Waals surface area contributed by atoms with Crippen LogP contribution in [0.3, 0.4) is 0 Å². The third-order valence-corrected chi connectivity index (χ3v) is 2.14. The van der Waals surface area contributed by atoms with Gasteiger partial charge in [0.1, 0.15) is 0 Å². The van der Waals surface area contributed by atoms with Crippen molar-refractivity contribution in [3.05, 3.63) is 47.6 Å². The molecule has 2 aliphatic carbocycles. The molecule has 0 nitrogen and oxygen atoms in total. The fourth-order valence-corrected chi connectivity index (χ4v) is 1.52. The Hall–Kier alpha value is -1.04. The van der Waals surface area contributed by atoms with E-state index in [0.29, 0.717) is 0 Å². The summed E-state index contributed by atoms with van der Waals surface area (Å²) in [7, 11) is 0. The van der Waals surface area contributed by atoms with E-state index in [0.717, 1.165) is 6.42 Å². The molecule has 2 rings (SSSR count). The third kappa shape index (κ3) is 1.35. The molecular formula is C11H12. The Labute approximate surface area is 67.6 Å². The average molecular weight is 144 g/mol. The van der Waals surface area contributed by atoms with Gasteiger partial charge in [0.15, 0.2) is 0 Å². The van der Waals surface area contributed by atoms with Gasteiger partial charge in [-0.1, -0.05) is 36.5 Å². The van der Waals surface area contributed by atoms with Gasteiger partial charge in [0.05, 0.1) is 0 Å². The van der Waals surface area contributed by atoms with Crippen LogP contribution in [0.2, 0.25) is 0 Å². The van der Waals surface area contributed by atoms with Crippen LogP contribution in [-0.4, -0.2) is 0 Å². The largest absolute Gasteiger partial charge is 0.0842 e.